The van der Waals surface area contributed by atoms with Gasteiger partial charge in [-0.3, -0.25) is 4.79 Å². The summed E-state index contributed by atoms with van der Waals surface area (Å²) >= 11 is 1.35. The first kappa shape index (κ1) is 21.5. The Kier molecular flexibility index (Phi) is 6.22. The molecular weight excluding hydrogens is 400 g/mol. The second-order valence-electron chi connectivity index (χ2n) is 7.74. The number of amides is 1. The number of hydrogen-bond donors (Lipinski definition) is 0. The Balaban J connectivity index is 1.71. The SMILES string of the molecule is COc1ccccc1-c1nc(C(=O)Oc2ccc(N(C)C(=O)C(C)(C)C)cc2)cs1. The van der Waals surface area contributed by atoms with Gasteiger partial charge in [-0.2, -0.15) is 0 Å². The smallest absolute Gasteiger partial charge is 0.363 e. The normalized spacial score (nSPS) is 11.1. The third-order valence-electron chi connectivity index (χ3n) is 4.43. The van der Waals surface area contributed by atoms with E-state index < -0.39 is 11.4 Å². The summed E-state index contributed by atoms with van der Waals surface area (Å²) in [6.07, 6.45) is 0. The Hall–Kier alpha value is -3.19. The van der Waals surface area contributed by atoms with Crippen LogP contribution in [-0.4, -0.2) is 31.0 Å². The fourth-order valence-corrected chi connectivity index (χ4v) is 3.65. The molecule has 0 saturated heterocycles. The number of methoxy groups -OCH3 is 1. The average Bonchev–Trinajstić information content (AvgIpc) is 3.23. The molecule has 3 aromatic rings. The van der Waals surface area contributed by atoms with Crippen molar-refractivity contribution < 1.29 is 19.1 Å². The van der Waals surface area contributed by atoms with Gasteiger partial charge in [0.05, 0.1) is 12.7 Å². The predicted octanol–water partition coefficient (Wildman–Crippen LogP) is 5.05. The van der Waals surface area contributed by atoms with E-state index in [-0.39, 0.29) is 11.6 Å². The van der Waals surface area contributed by atoms with Crippen molar-refractivity contribution in [3.63, 3.8) is 0 Å². The molecule has 1 amide bonds. The highest BCUT2D eigenvalue weighted by Gasteiger charge is 2.25. The second kappa shape index (κ2) is 8.67. The lowest BCUT2D eigenvalue weighted by molar-refractivity contribution is -0.125. The molecule has 0 radical (unpaired) electrons. The van der Waals surface area contributed by atoms with E-state index in [0.717, 1.165) is 11.3 Å². The lowest BCUT2D eigenvalue weighted by Crippen LogP contribution is -2.36. The van der Waals surface area contributed by atoms with Gasteiger partial charge in [0.1, 0.15) is 16.5 Å². The van der Waals surface area contributed by atoms with Crippen LogP contribution in [0, 0.1) is 5.41 Å². The summed E-state index contributed by atoms with van der Waals surface area (Å²) in [5.41, 5.74) is 1.29. The third kappa shape index (κ3) is 4.68. The van der Waals surface area contributed by atoms with Crippen LogP contribution in [0.1, 0.15) is 31.3 Å². The van der Waals surface area contributed by atoms with Crippen LogP contribution < -0.4 is 14.4 Å². The molecule has 0 aliphatic heterocycles. The maximum Gasteiger partial charge on any atom is 0.363 e. The van der Waals surface area contributed by atoms with Crippen LogP contribution in [0.25, 0.3) is 10.6 Å². The van der Waals surface area contributed by atoms with E-state index in [2.05, 4.69) is 4.98 Å². The van der Waals surface area contributed by atoms with Crippen molar-refractivity contribution in [3.05, 3.63) is 59.6 Å². The minimum atomic E-state index is -0.542. The Bertz CT molecular complexity index is 1050. The molecule has 0 aliphatic rings. The summed E-state index contributed by atoms with van der Waals surface area (Å²) in [5, 5.41) is 2.34. The summed E-state index contributed by atoms with van der Waals surface area (Å²) in [6.45, 7) is 5.61. The van der Waals surface area contributed by atoms with Gasteiger partial charge in [0, 0.05) is 23.5 Å². The van der Waals surface area contributed by atoms with Crippen LogP contribution in [0.2, 0.25) is 0 Å². The van der Waals surface area contributed by atoms with Crippen LogP contribution in [0.5, 0.6) is 11.5 Å². The molecule has 0 N–H and O–H groups in total. The van der Waals surface area contributed by atoms with Crippen molar-refractivity contribution in [2.45, 2.75) is 20.8 Å². The maximum atomic E-state index is 12.5. The van der Waals surface area contributed by atoms with Crippen molar-refractivity contribution in [2.24, 2.45) is 5.41 Å². The zero-order chi connectivity index (χ0) is 21.9. The topological polar surface area (TPSA) is 68.7 Å². The van der Waals surface area contributed by atoms with Crippen LogP contribution in [-0.2, 0) is 4.79 Å². The zero-order valence-corrected chi connectivity index (χ0v) is 18.4. The third-order valence-corrected chi connectivity index (χ3v) is 5.31. The molecule has 6 nitrogen and oxygen atoms in total. The van der Waals surface area contributed by atoms with E-state index in [0.29, 0.717) is 16.5 Å². The number of esters is 1. The molecule has 0 spiro atoms. The zero-order valence-electron chi connectivity index (χ0n) is 17.6. The maximum absolute atomic E-state index is 12.5. The summed E-state index contributed by atoms with van der Waals surface area (Å²) in [5.74, 6) is 0.529. The highest BCUT2D eigenvalue weighted by atomic mass is 32.1. The highest BCUT2D eigenvalue weighted by molar-refractivity contribution is 7.13. The number of carbonyl (C=O) groups is 2. The van der Waals surface area contributed by atoms with Gasteiger partial charge < -0.3 is 14.4 Å². The molecule has 156 valence electrons. The first-order valence-electron chi connectivity index (χ1n) is 9.40. The predicted molar refractivity (Wildman–Crippen MR) is 118 cm³/mol. The molecule has 1 aromatic heterocycles. The highest BCUT2D eigenvalue weighted by Crippen LogP contribution is 2.32. The monoisotopic (exact) mass is 424 g/mol. The lowest BCUT2D eigenvalue weighted by atomic mass is 9.95. The van der Waals surface area contributed by atoms with Gasteiger partial charge in [0.25, 0.3) is 0 Å². The molecule has 0 saturated carbocycles. The number of para-hydroxylation sites is 1. The van der Waals surface area contributed by atoms with Crippen molar-refractivity contribution in [2.75, 3.05) is 19.1 Å². The summed E-state index contributed by atoms with van der Waals surface area (Å²) in [7, 11) is 3.32. The Morgan fingerprint density at radius 1 is 1.03 bits per heavy atom. The quantitative estimate of drug-likeness (QED) is 0.424. The number of hydrogen-bond acceptors (Lipinski definition) is 6. The minimum absolute atomic E-state index is 0.00131. The van der Waals surface area contributed by atoms with Crippen LogP contribution in [0.3, 0.4) is 0 Å². The molecule has 3 rings (SSSR count). The number of carbonyl (C=O) groups excluding carboxylic acids is 2. The second-order valence-corrected chi connectivity index (χ2v) is 8.59. The van der Waals surface area contributed by atoms with Crippen molar-refractivity contribution in [3.8, 4) is 22.1 Å². The van der Waals surface area contributed by atoms with Crippen molar-refractivity contribution in [1.82, 2.24) is 4.98 Å². The number of thiazole rings is 1. The van der Waals surface area contributed by atoms with Gasteiger partial charge in [-0.1, -0.05) is 32.9 Å². The standard InChI is InChI=1S/C23H24N2O4S/c1-23(2,3)22(27)25(4)15-10-12-16(13-11-15)29-21(26)18-14-30-20(24-18)17-8-6-7-9-19(17)28-5/h6-14H,1-5H3. The van der Waals surface area contributed by atoms with Crippen molar-refractivity contribution >= 4 is 28.9 Å². The fourth-order valence-electron chi connectivity index (χ4n) is 2.83. The van der Waals surface area contributed by atoms with Crippen LogP contribution in [0.15, 0.2) is 53.9 Å². The van der Waals surface area contributed by atoms with E-state index in [1.807, 2.05) is 45.0 Å². The van der Waals surface area contributed by atoms with Gasteiger partial charge in [0.2, 0.25) is 5.91 Å². The number of ether oxygens (including phenoxy) is 2. The number of rotatable bonds is 5. The first-order chi connectivity index (χ1) is 14.2. The minimum Gasteiger partial charge on any atom is -0.496 e. The van der Waals surface area contributed by atoms with Gasteiger partial charge in [-0.25, -0.2) is 9.78 Å². The number of anilines is 1. The Labute approximate surface area is 180 Å². The van der Waals surface area contributed by atoms with Crippen LogP contribution in [0.4, 0.5) is 5.69 Å². The Morgan fingerprint density at radius 3 is 2.33 bits per heavy atom. The molecule has 0 atom stereocenters. The van der Waals surface area contributed by atoms with Gasteiger partial charge in [0.15, 0.2) is 5.69 Å². The number of benzene rings is 2. The van der Waals surface area contributed by atoms with Gasteiger partial charge in [-0.05, 0) is 36.4 Å². The molecular formula is C23H24N2O4S. The average molecular weight is 425 g/mol. The van der Waals surface area contributed by atoms with Gasteiger partial charge in [-0.15, -0.1) is 11.3 Å². The molecule has 7 heteroatoms. The van der Waals surface area contributed by atoms with E-state index in [1.165, 1.54) is 11.3 Å². The lowest BCUT2D eigenvalue weighted by Gasteiger charge is -2.26. The summed E-state index contributed by atoms with van der Waals surface area (Å²) in [4.78, 5) is 30.9. The fraction of sp³-hybridized carbons (Fsp3) is 0.261. The summed E-state index contributed by atoms with van der Waals surface area (Å²) < 4.78 is 10.8. The molecule has 2 aromatic carbocycles. The molecule has 0 fully saturated rings. The Morgan fingerprint density at radius 2 is 1.70 bits per heavy atom. The molecule has 1 heterocycles. The largest absolute Gasteiger partial charge is 0.496 e. The van der Waals surface area contributed by atoms with E-state index in [4.69, 9.17) is 9.47 Å². The molecule has 0 bridgehead atoms. The number of nitrogens with zero attached hydrogens (tertiary/aromatic N) is 2. The first-order valence-corrected chi connectivity index (χ1v) is 10.3. The molecule has 30 heavy (non-hydrogen) atoms. The van der Waals surface area contributed by atoms with E-state index in [1.54, 1.807) is 48.7 Å². The van der Waals surface area contributed by atoms with Gasteiger partial charge >= 0.3 is 5.97 Å². The number of aromatic nitrogens is 1. The molecule has 0 unspecified atom stereocenters. The van der Waals surface area contributed by atoms with Crippen LogP contribution >= 0.6 is 11.3 Å². The molecule has 0 aliphatic carbocycles. The van der Waals surface area contributed by atoms with Crippen molar-refractivity contribution in [1.29, 1.82) is 0 Å². The summed E-state index contributed by atoms with van der Waals surface area (Å²) in [6, 6.07) is 14.3. The van der Waals surface area contributed by atoms with E-state index in [9.17, 15) is 9.59 Å². The van der Waals surface area contributed by atoms with E-state index >= 15 is 0 Å².